The minimum absolute atomic E-state index is 0.00787. The smallest absolute Gasteiger partial charge is 0.211 e. The van der Waals surface area contributed by atoms with Gasteiger partial charge in [0.15, 0.2) is 5.65 Å². The molecule has 11 heteroatoms. The molecule has 2 aliphatic rings. The summed E-state index contributed by atoms with van der Waals surface area (Å²) in [6.07, 6.45) is 6.65. The molecule has 1 spiro atoms. The van der Waals surface area contributed by atoms with Gasteiger partial charge in [0.2, 0.25) is 5.95 Å². The van der Waals surface area contributed by atoms with Crippen molar-refractivity contribution in [1.29, 1.82) is 0 Å². The normalized spacial score (nSPS) is 19.2. The molecule has 1 aliphatic heterocycles. The van der Waals surface area contributed by atoms with Crippen LogP contribution in [-0.2, 0) is 17.4 Å². The highest BCUT2D eigenvalue weighted by molar-refractivity contribution is 7.99. The average Bonchev–Trinajstić information content (AvgIpc) is 3.45. The number of nitrogens with zero attached hydrogens (tertiary/aromatic N) is 5. The van der Waals surface area contributed by atoms with Crippen molar-refractivity contribution in [2.24, 2.45) is 5.41 Å². The third kappa shape index (κ3) is 5.13. The number of nitrogens with two attached hydrogens (primary N) is 1. The van der Waals surface area contributed by atoms with Gasteiger partial charge >= 0.3 is 0 Å². The molecule has 3 N–H and O–H groups in total. The van der Waals surface area contributed by atoms with E-state index in [-0.39, 0.29) is 16.2 Å². The van der Waals surface area contributed by atoms with E-state index in [9.17, 15) is 4.21 Å². The van der Waals surface area contributed by atoms with E-state index in [1.165, 1.54) is 22.9 Å². The molecule has 0 saturated carbocycles. The largest absolute Gasteiger partial charge is 0.382 e. The predicted molar refractivity (Wildman–Crippen MR) is 168 cm³/mol. The Morgan fingerprint density at radius 3 is 2.61 bits per heavy atom. The van der Waals surface area contributed by atoms with Gasteiger partial charge in [0, 0.05) is 30.4 Å². The molecule has 1 saturated heterocycles. The molecule has 6 rings (SSSR count). The molecule has 3 aromatic heterocycles. The molecule has 0 bridgehead atoms. The Morgan fingerprint density at radius 2 is 1.88 bits per heavy atom. The van der Waals surface area contributed by atoms with Crippen LogP contribution >= 0.6 is 23.4 Å². The van der Waals surface area contributed by atoms with Gasteiger partial charge in [0.05, 0.1) is 43.1 Å². The van der Waals surface area contributed by atoms with Gasteiger partial charge in [-0.05, 0) is 76.5 Å². The Morgan fingerprint density at radius 1 is 1.15 bits per heavy atom. The minimum atomic E-state index is -1.16. The number of aromatic nitrogens is 4. The molecule has 4 heterocycles. The Kier molecular flexibility index (Phi) is 7.33. The van der Waals surface area contributed by atoms with E-state index in [2.05, 4.69) is 49.5 Å². The predicted octanol–water partition coefficient (Wildman–Crippen LogP) is 6.06. The first-order valence-electron chi connectivity index (χ1n) is 13.9. The van der Waals surface area contributed by atoms with Crippen LogP contribution in [0.4, 0.5) is 11.8 Å². The lowest BCUT2D eigenvalue weighted by Gasteiger charge is -2.44. The number of anilines is 2. The fraction of sp³-hybridized carbons (Fsp3) is 0.433. The van der Waals surface area contributed by atoms with Crippen molar-refractivity contribution < 1.29 is 4.21 Å². The fourth-order valence-corrected chi connectivity index (χ4v) is 8.22. The summed E-state index contributed by atoms with van der Waals surface area (Å²) in [5, 5.41) is 0.442. The van der Waals surface area contributed by atoms with Gasteiger partial charge in [-0.2, -0.15) is 0 Å². The number of hydrogen-bond acceptors (Lipinski definition) is 7. The highest BCUT2D eigenvalue weighted by atomic mass is 35.5. The summed E-state index contributed by atoms with van der Waals surface area (Å²) >= 11 is 7.99. The maximum absolute atomic E-state index is 13.3. The number of nitrogen functional groups attached to an aromatic ring is 1. The van der Waals surface area contributed by atoms with Crippen LogP contribution in [0.3, 0.4) is 0 Å². The average molecular weight is 610 g/mol. The third-order valence-corrected chi connectivity index (χ3v) is 11.6. The van der Waals surface area contributed by atoms with E-state index in [0.717, 1.165) is 65.1 Å². The SMILES string of the molecule is Cc1cn2c(N3CCC4(CC3)Cc3ccccc3[C@H]4N[S@](=O)C(C)(C)C)nc(C)c(Sc3ccnc(N)c3Cl)c2n1. The zero-order valence-corrected chi connectivity index (χ0v) is 26.5. The van der Waals surface area contributed by atoms with E-state index >= 15 is 0 Å². The van der Waals surface area contributed by atoms with Gasteiger partial charge in [-0.3, -0.25) is 4.40 Å². The number of pyridine rings is 1. The van der Waals surface area contributed by atoms with Crippen LogP contribution < -0.4 is 15.4 Å². The maximum atomic E-state index is 13.3. The van der Waals surface area contributed by atoms with Gasteiger partial charge < -0.3 is 10.6 Å². The van der Waals surface area contributed by atoms with Gasteiger partial charge in [-0.15, -0.1) is 0 Å². The Balaban J connectivity index is 1.30. The molecule has 1 aliphatic carbocycles. The van der Waals surface area contributed by atoms with E-state index in [1.54, 1.807) is 6.20 Å². The number of aryl methyl sites for hydroxylation is 2. The lowest BCUT2D eigenvalue weighted by molar-refractivity contribution is 0.177. The van der Waals surface area contributed by atoms with Crippen molar-refractivity contribution in [3.63, 3.8) is 0 Å². The van der Waals surface area contributed by atoms with Crippen LogP contribution in [-0.4, -0.2) is 41.4 Å². The second kappa shape index (κ2) is 10.6. The first kappa shape index (κ1) is 28.5. The van der Waals surface area contributed by atoms with Crippen molar-refractivity contribution in [3.05, 3.63) is 70.3 Å². The summed E-state index contributed by atoms with van der Waals surface area (Å²) in [5.74, 6) is 1.21. The second-order valence-corrected chi connectivity index (χ2v) is 15.6. The number of rotatable bonds is 5. The highest BCUT2D eigenvalue weighted by Crippen LogP contribution is 2.52. The summed E-state index contributed by atoms with van der Waals surface area (Å²) < 4.78 is 18.6. The first-order valence-corrected chi connectivity index (χ1v) is 16.3. The van der Waals surface area contributed by atoms with E-state index < -0.39 is 11.0 Å². The molecular formula is C30H36ClN7OS2. The van der Waals surface area contributed by atoms with Crippen molar-refractivity contribution >= 4 is 51.8 Å². The number of hydrogen-bond donors (Lipinski definition) is 2. The van der Waals surface area contributed by atoms with Gasteiger partial charge in [0.1, 0.15) is 5.82 Å². The first-order chi connectivity index (χ1) is 19.5. The van der Waals surface area contributed by atoms with Crippen molar-refractivity contribution in [2.45, 2.75) is 74.5 Å². The quantitative estimate of drug-likeness (QED) is 0.283. The zero-order chi connectivity index (χ0) is 29.1. The van der Waals surface area contributed by atoms with Crippen LogP contribution in [0.5, 0.6) is 0 Å². The molecule has 1 fully saturated rings. The number of imidazole rings is 1. The van der Waals surface area contributed by atoms with E-state index in [4.69, 9.17) is 27.3 Å². The van der Waals surface area contributed by atoms with E-state index in [1.807, 2.05) is 40.7 Å². The number of fused-ring (bicyclic) bond motifs is 2. The monoisotopic (exact) mass is 609 g/mol. The molecule has 41 heavy (non-hydrogen) atoms. The second-order valence-electron chi connectivity index (χ2n) is 12.2. The zero-order valence-electron chi connectivity index (χ0n) is 24.1. The standard InChI is InChI=1S/C30H36ClN7OS2/c1-18-17-38-27(34-18)24(40-22-10-13-33-26(32)23(22)31)19(2)35-28(38)37-14-11-30(12-15-37)16-20-8-6-7-9-21(20)25(30)36-41(39)29(3,4)5/h6-10,13,17,25,36H,11-12,14-16H2,1-5H3,(H2,32,33)/t25-,41-/m1/s1. The van der Waals surface area contributed by atoms with Crippen molar-refractivity contribution in [3.8, 4) is 0 Å². The molecule has 8 nitrogen and oxygen atoms in total. The highest BCUT2D eigenvalue weighted by Gasteiger charge is 2.49. The molecular weight excluding hydrogens is 574 g/mol. The van der Waals surface area contributed by atoms with Crippen LogP contribution in [0, 0.1) is 19.3 Å². The summed E-state index contributed by atoms with van der Waals surface area (Å²) in [6, 6.07) is 10.6. The summed E-state index contributed by atoms with van der Waals surface area (Å²) in [5.41, 5.74) is 11.3. The molecule has 1 aromatic carbocycles. The van der Waals surface area contributed by atoms with Crippen LogP contribution in [0.1, 0.15) is 62.2 Å². The van der Waals surface area contributed by atoms with Gasteiger partial charge in [-0.25, -0.2) is 23.9 Å². The molecule has 0 radical (unpaired) electrons. The summed E-state index contributed by atoms with van der Waals surface area (Å²) in [7, 11) is -1.16. The van der Waals surface area contributed by atoms with Gasteiger partial charge in [0.25, 0.3) is 0 Å². The summed E-state index contributed by atoms with van der Waals surface area (Å²) in [6.45, 7) is 11.8. The number of piperidine rings is 1. The molecule has 2 atom stereocenters. The Bertz CT molecular complexity index is 1660. The topological polar surface area (TPSA) is 101 Å². The Labute approximate surface area is 253 Å². The minimum Gasteiger partial charge on any atom is -0.382 e. The van der Waals surface area contributed by atoms with Crippen LogP contribution in [0.15, 0.2) is 52.5 Å². The number of nitrogens with one attached hydrogen (secondary N) is 1. The maximum Gasteiger partial charge on any atom is 0.211 e. The lowest BCUT2D eigenvalue weighted by Crippen LogP contribution is -2.48. The Hall–Kier alpha value is -2.66. The third-order valence-electron chi connectivity index (χ3n) is 8.28. The molecule has 0 unspecified atom stereocenters. The van der Waals surface area contributed by atoms with Crippen molar-refractivity contribution in [2.75, 3.05) is 23.7 Å². The van der Waals surface area contributed by atoms with Gasteiger partial charge in [-0.1, -0.05) is 47.6 Å². The van der Waals surface area contributed by atoms with Crippen LogP contribution in [0.25, 0.3) is 5.65 Å². The van der Waals surface area contributed by atoms with Crippen molar-refractivity contribution in [1.82, 2.24) is 24.1 Å². The molecule has 0 amide bonds. The van der Waals surface area contributed by atoms with E-state index in [0.29, 0.717) is 10.8 Å². The number of benzene rings is 1. The molecule has 216 valence electrons. The summed E-state index contributed by atoms with van der Waals surface area (Å²) in [4.78, 5) is 18.2. The molecule has 4 aromatic rings. The number of halogens is 1. The van der Waals surface area contributed by atoms with Crippen LogP contribution in [0.2, 0.25) is 5.02 Å². The fourth-order valence-electron chi connectivity index (χ4n) is 6.08. The lowest BCUT2D eigenvalue weighted by atomic mass is 9.73.